The maximum Gasteiger partial charge on any atom is 0.228 e. The first kappa shape index (κ1) is 28.7. The number of nitrogens with one attached hydrogen (secondary N) is 2. The Labute approximate surface area is 229 Å². The molecule has 0 aromatic heterocycles. The van der Waals surface area contributed by atoms with Crippen molar-refractivity contribution in [3.8, 4) is 11.5 Å². The number of anilines is 1. The number of halogens is 1. The number of benzene rings is 2. The lowest BCUT2D eigenvalue weighted by molar-refractivity contribution is -0.115. The molecule has 1 unspecified atom stereocenters. The molecule has 198 valence electrons. The summed E-state index contributed by atoms with van der Waals surface area (Å²) >= 11 is 2.65. The maximum absolute atomic E-state index is 12.8. The van der Waals surface area contributed by atoms with Crippen molar-refractivity contribution in [1.29, 1.82) is 0 Å². The van der Waals surface area contributed by atoms with Crippen LogP contribution in [0.1, 0.15) is 62.5 Å². The van der Waals surface area contributed by atoms with E-state index in [2.05, 4.69) is 58.3 Å². The van der Waals surface area contributed by atoms with Gasteiger partial charge in [-0.2, -0.15) is 0 Å². The third-order valence-electron chi connectivity index (χ3n) is 6.91. The molecular weight excluding hydrogens is 567 g/mol. The minimum atomic E-state index is -0.0490. The van der Waals surface area contributed by atoms with Crippen molar-refractivity contribution in [3.05, 3.63) is 53.6 Å². The van der Waals surface area contributed by atoms with Gasteiger partial charge in [-0.25, -0.2) is 0 Å². The number of carbonyl (C=O) groups excluding carboxylic acids is 1. The molecule has 0 bridgehead atoms. The number of hydrogen-bond acceptors (Lipinski definition) is 5. The molecule has 2 aromatic carbocycles. The topological polar surface area (TPSA) is 79.8 Å². The van der Waals surface area contributed by atoms with Gasteiger partial charge in [-0.1, -0.05) is 54.1 Å². The van der Waals surface area contributed by atoms with Gasteiger partial charge in [0.1, 0.15) is 6.61 Å². The van der Waals surface area contributed by atoms with Crippen LogP contribution in [0.25, 0.3) is 0 Å². The summed E-state index contributed by atoms with van der Waals surface area (Å²) in [5, 5.41) is 15.0. The predicted molar refractivity (Wildman–Crippen MR) is 155 cm³/mol. The molecule has 3 N–H and O–H groups in total. The van der Waals surface area contributed by atoms with E-state index in [1.807, 2.05) is 24.3 Å². The average Bonchev–Trinajstić information content (AvgIpc) is 2.89. The van der Waals surface area contributed by atoms with Crippen molar-refractivity contribution >= 4 is 34.2 Å². The van der Waals surface area contributed by atoms with Gasteiger partial charge in [0.2, 0.25) is 5.91 Å². The van der Waals surface area contributed by atoms with Gasteiger partial charge < -0.3 is 25.2 Å². The van der Waals surface area contributed by atoms with E-state index in [1.54, 1.807) is 7.11 Å². The summed E-state index contributed by atoms with van der Waals surface area (Å²) in [5.41, 5.74) is 3.06. The van der Waals surface area contributed by atoms with Crippen molar-refractivity contribution in [2.45, 2.75) is 61.7 Å². The van der Waals surface area contributed by atoms with Crippen LogP contribution < -0.4 is 20.1 Å². The second kappa shape index (κ2) is 15.4. The van der Waals surface area contributed by atoms with Crippen molar-refractivity contribution in [1.82, 2.24) is 5.32 Å². The van der Waals surface area contributed by atoms with Crippen LogP contribution in [0.3, 0.4) is 0 Å². The van der Waals surface area contributed by atoms with Crippen molar-refractivity contribution in [3.63, 3.8) is 0 Å². The number of carbonyl (C=O) groups is 1. The molecule has 0 heterocycles. The van der Waals surface area contributed by atoms with Crippen LogP contribution in [-0.4, -0.2) is 48.4 Å². The smallest absolute Gasteiger partial charge is 0.228 e. The van der Waals surface area contributed by atoms with Crippen LogP contribution in [0.4, 0.5) is 5.69 Å². The Kier molecular flexibility index (Phi) is 12.3. The third kappa shape index (κ3) is 8.92. The Hall–Kier alpha value is -1.84. The SMILES string of the molecule is CCCC(I)C1CCC(c2cccc(NC(=O)Cc3ccc(OCCNCCO)c(OC)c3)c2)CC1. The first-order valence-corrected chi connectivity index (χ1v) is 14.4. The quantitative estimate of drug-likeness (QED) is 0.145. The average molecular weight is 609 g/mol. The van der Waals surface area contributed by atoms with E-state index in [-0.39, 0.29) is 18.9 Å². The van der Waals surface area contributed by atoms with Crippen LogP contribution in [0.5, 0.6) is 11.5 Å². The van der Waals surface area contributed by atoms with Crippen LogP contribution in [0, 0.1) is 5.92 Å². The van der Waals surface area contributed by atoms with Gasteiger partial charge in [-0.3, -0.25) is 4.79 Å². The molecule has 1 aliphatic rings. The number of rotatable bonds is 14. The molecule has 2 aromatic rings. The lowest BCUT2D eigenvalue weighted by Gasteiger charge is -2.32. The molecule has 0 saturated heterocycles. The Morgan fingerprint density at radius 2 is 1.92 bits per heavy atom. The molecule has 0 spiro atoms. The summed E-state index contributed by atoms with van der Waals surface area (Å²) in [7, 11) is 1.60. The fraction of sp³-hybridized carbons (Fsp3) is 0.552. The fourth-order valence-electron chi connectivity index (χ4n) is 4.97. The first-order valence-electron chi connectivity index (χ1n) is 13.2. The molecule has 7 heteroatoms. The van der Waals surface area contributed by atoms with E-state index in [0.29, 0.717) is 37.1 Å². The standard InChI is InChI=1S/C29H41IN2O4/c1-3-5-26(30)23-11-9-22(10-12-23)24-6-4-7-25(20-24)32-29(34)19-21-8-13-27(28(18-21)35-2)36-17-15-31-14-16-33/h4,6-8,13,18,20,22-23,26,31,33H,3,5,9-12,14-17,19H2,1-2H3,(H,32,34). The molecule has 1 atom stereocenters. The molecule has 0 aliphatic heterocycles. The first-order chi connectivity index (χ1) is 17.5. The third-order valence-corrected chi connectivity index (χ3v) is 8.55. The van der Waals surface area contributed by atoms with Gasteiger partial charge in [0.25, 0.3) is 0 Å². The molecule has 6 nitrogen and oxygen atoms in total. The molecule has 1 saturated carbocycles. The minimum Gasteiger partial charge on any atom is -0.493 e. The van der Waals surface area contributed by atoms with E-state index in [4.69, 9.17) is 14.6 Å². The fourth-order valence-corrected chi connectivity index (χ4v) is 6.31. The lowest BCUT2D eigenvalue weighted by Crippen LogP contribution is -2.24. The van der Waals surface area contributed by atoms with Gasteiger partial charge in [0.05, 0.1) is 20.1 Å². The number of ether oxygens (including phenoxy) is 2. The van der Waals surface area contributed by atoms with Gasteiger partial charge in [0.15, 0.2) is 11.5 Å². The molecular formula is C29H41IN2O4. The van der Waals surface area contributed by atoms with Crippen LogP contribution in [-0.2, 0) is 11.2 Å². The number of hydrogen-bond donors (Lipinski definition) is 3. The largest absolute Gasteiger partial charge is 0.493 e. The van der Waals surface area contributed by atoms with E-state index in [0.717, 1.165) is 21.1 Å². The predicted octanol–water partition coefficient (Wildman–Crippen LogP) is 5.71. The monoisotopic (exact) mass is 608 g/mol. The highest BCUT2D eigenvalue weighted by molar-refractivity contribution is 14.1. The highest BCUT2D eigenvalue weighted by atomic mass is 127. The Balaban J connectivity index is 1.52. The molecule has 1 fully saturated rings. The van der Waals surface area contributed by atoms with Crippen molar-refractivity contribution in [2.75, 3.05) is 38.7 Å². The minimum absolute atomic E-state index is 0.0490. The van der Waals surface area contributed by atoms with Gasteiger partial charge in [0, 0.05) is 22.7 Å². The lowest BCUT2D eigenvalue weighted by atomic mass is 9.77. The zero-order chi connectivity index (χ0) is 25.8. The van der Waals surface area contributed by atoms with E-state index < -0.39 is 0 Å². The Morgan fingerprint density at radius 3 is 2.64 bits per heavy atom. The number of methoxy groups -OCH3 is 1. The number of aliphatic hydroxyl groups is 1. The van der Waals surface area contributed by atoms with Crippen LogP contribution >= 0.6 is 22.6 Å². The number of amides is 1. The van der Waals surface area contributed by atoms with Gasteiger partial charge in [-0.15, -0.1) is 0 Å². The highest BCUT2D eigenvalue weighted by Crippen LogP contribution is 2.40. The van der Waals surface area contributed by atoms with Crippen molar-refractivity contribution < 1.29 is 19.4 Å². The van der Waals surface area contributed by atoms with Crippen LogP contribution in [0.2, 0.25) is 0 Å². The summed E-state index contributed by atoms with van der Waals surface area (Å²) < 4.78 is 12.0. The van der Waals surface area contributed by atoms with Gasteiger partial charge >= 0.3 is 0 Å². The second-order valence-electron chi connectivity index (χ2n) is 9.57. The summed E-state index contributed by atoms with van der Waals surface area (Å²) in [5.74, 6) is 2.62. The number of alkyl halides is 1. The second-order valence-corrected chi connectivity index (χ2v) is 11.2. The van der Waals surface area contributed by atoms with Gasteiger partial charge in [-0.05, 0) is 79.3 Å². The maximum atomic E-state index is 12.8. The molecule has 0 radical (unpaired) electrons. The van der Waals surface area contributed by atoms with E-state index in [9.17, 15) is 4.79 Å². The van der Waals surface area contributed by atoms with E-state index >= 15 is 0 Å². The normalized spacial score (nSPS) is 18.4. The zero-order valence-corrected chi connectivity index (χ0v) is 23.8. The Morgan fingerprint density at radius 1 is 1.11 bits per heavy atom. The summed E-state index contributed by atoms with van der Waals surface area (Å²) in [6.07, 6.45) is 7.92. The Bertz CT molecular complexity index is 947. The van der Waals surface area contributed by atoms with Crippen LogP contribution in [0.15, 0.2) is 42.5 Å². The highest BCUT2D eigenvalue weighted by Gasteiger charge is 2.26. The molecule has 3 rings (SSSR count). The summed E-state index contributed by atoms with van der Waals surface area (Å²) in [6.45, 7) is 4.01. The van der Waals surface area contributed by atoms with E-state index in [1.165, 1.54) is 44.1 Å². The zero-order valence-electron chi connectivity index (χ0n) is 21.6. The molecule has 1 amide bonds. The summed E-state index contributed by atoms with van der Waals surface area (Å²) in [6, 6.07) is 14.0. The number of aliphatic hydroxyl groups excluding tert-OH is 1. The van der Waals surface area contributed by atoms with Crippen molar-refractivity contribution in [2.24, 2.45) is 5.92 Å². The molecule has 1 aliphatic carbocycles. The molecule has 36 heavy (non-hydrogen) atoms. The summed E-state index contributed by atoms with van der Waals surface area (Å²) in [4.78, 5) is 12.8.